The third kappa shape index (κ3) is 15.9. The van der Waals surface area contributed by atoms with Crippen LogP contribution in [0.1, 0.15) is 0 Å². The number of aliphatic hydroxyl groups excluding tert-OH is 6. The summed E-state index contributed by atoms with van der Waals surface area (Å²) in [5, 5.41) is 49.2. The van der Waals surface area contributed by atoms with E-state index < -0.39 is 151 Å². The molecule has 0 saturated heterocycles. The summed E-state index contributed by atoms with van der Waals surface area (Å²) in [6, 6.07) is 0. The van der Waals surface area contributed by atoms with E-state index in [1.54, 1.807) is 0 Å². The first-order valence-electron chi connectivity index (χ1n) is 13.5. The Kier molecular flexibility index (Phi) is 23.1. The van der Waals surface area contributed by atoms with Crippen molar-refractivity contribution in [3.05, 3.63) is 0 Å². The van der Waals surface area contributed by atoms with Crippen LogP contribution in [0.5, 0.6) is 0 Å². The average Bonchev–Trinajstić information content (AvgIpc) is 3.11. The number of hydrogen-bond acceptors (Lipinski definition) is 18. The van der Waals surface area contributed by atoms with Crippen LogP contribution < -0.4 is 16.7 Å². The van der Waals surface area contributed by atoms with E-state index in [1.807, 2.05) is 0 Å². The molecule has 6 atom stereocenters. The van der Waals surface area contributed by atoms with Gasteiger partial charge in [0.15, 0.2) is 0 Å². The molecular formula is C21H36Cl6N3O15P3. The fourth-order valence-corrected chi connectivity index (χ4v) is 8.18. The lowest BCUT2D eigenvalue weighted by molar-refractivity contribution is 0.180. The molecule has 27 heteroatoms. The van der Waals surface area contributed by atoms with E-state index >= 15 is 0 Å². The number of aromatic nitrogens is 3. The molecule has 0 amide bonds. The lowest BCUT2D eigenvalue weighted by atomic mass is 10.5. The molecule has 48 heavy (non-hydrogen) atoms. The summed E-state index contributed by atoms with van der Waals surface area (Å²) in [5.74, 6) is 0. The first kappa shape index (κ1) is 47.0. The first-order chi connectivity index (χ1) is 22.5. The van der Waals surface area contributed by atoms with Gasteiger partial charge in [0.25, 0.3) is 0 Å². The number of alkyl halides is 6. The molecule has 6 N–H and O–H groups in total. The second-order valence-corrected chi connectivity index (χ2v) is 18.6. The first-order valence-corrected chi connectivity index (χ1v) is 20.7. The molecular weight excluding hydrogens is 840 g/mol. The fraction of sp³-hybridized carbons (Fsp3) is 0.857. The van der Waals surface area contributed by atoms with Crippen LogP contribution in [-0.4, -0.2) is 157 Å². The number of halogens is 6. The third-order valence-electron chi connectivity index (χ3n) is 5.08. The van der Waals surface area contributed by atoms with Crippen LogP contribution in [0.3, 0.4) is 0 Å². The van der Waals surface area contributed by atoms with E-state index in [-0.39, 0.29) is 0 Å². The summed E-state index contributed by atoms with van der Waals surface area (Å²) in [5.41, 5.74) is -3.14. The van der Waals surface area contributed by atoms with Crippen LogP contribution >= 0.6 is 92.4 Å². The second kappa shape index (κ2) is 23.6. The minimum atomic E-state index is -4.96. The van der Waals surface area contributed by atoms with Crippen molar-refractivity contribution in [2.24, 2.45) is 0 Å². The molecule has 0 aliphatic heterocycles. The van der Waals surface area contributed by atoms with Gasteiger partial charge in [-0.05, 0) is 0 Å². The minimum absolute atomic E-state index is 0.665. The van der Waals surface area contributed by atoms with Crippen molar-refractivity contribution in [3.8, 4) is 0 Å². The topological polar surface area (TPSA) is 267 Å². The van der Waals surface area contributed by atoms with Crippen LogP contribution in [0.15, 0.2) is 0 Å². The zero-order chi connectivity index (χ0) is 36.5. The quantitative estimate of drug-likeness (QED) is 0.0503. The van der Waals surface area contributed by atoms with Crippen molar-refractivity contribution >= 4 is 109 Å². The van der Waals surface area contributed by atoms with Gasteiger partial charge in [0.2, 0.25) is 16.7 Å². The van der Waals surface area contributed by atoms with Gasteiger partial charge in [-0.2, -0.15) is 15.0 Å². The van der Waals surface area contributed by atoms with Crippen LogP contribution in [0.2, 0.25) is 0 Å². The summed E-state index contributed by atoms with van der Waals surface area (Å²) in [6.45, 7) is -8.09. The standard InChI is InChI=1S/C21H36Cl6N3O15P3/c22-13(1-31)7-40-46(37,41-8-14(23)2-32)19-28-20(47(38,42-9-15(24)3-33)43-10-16(25)4-34)30-21(29-19)48(39,44-11-17(26)5-35)45-12-18(27)6-36/h13-18,31-36H,1-12H2. The van der Waals surface area contributed by atoms with Crippen molar-refractivity contribution in [2.45, 2.75) is 32.3 Å². The molecule has 1 rings (SSSR count). The molecule has 0 saturated carbocycles. The Bertz CT molecular complexity index is 1030. The molecule has 0 aliphatic rings. The zero-order valence-corrected chi connectivity index (χ0v) is 32.0. The SMILES string of the molecule is O=P(OCC(Cl)CO)(OCC(Cl)CO)c1nc(P(=O)(OCC(Cl)CO)OCC(Cl)CO)nc(P(=O)(OCC(Cl)CO)OCC(Cl)CO)n1. The molecule has 6 unspecified atom stereocenters. The van der Waals surface area contributed by atoms with Crippen LogP contribution in [0.4, 0.5) is 0 Å². The summed E-state index contributed by atoms with van der Waals surface area (Å²) >= 11 is 35.5. The Morgan fingerprint density at radius 3 is 0.667 bits per heavy atom. The lowest BCUT2D eigenvalue weighted by Crippen LogP contribution is -2.39. The largest absolute Gasteiger partial charge is 0.398 e. The highest BCUT2D eigenvalue weighted by molar-refractivity contribution is 7.64. The molecule has 1 aromatic rings. The van der Waals surface area contributed by atoms with E-state index in [4.69, 9.17) is 96.7 Å². The highest BCUT2D eigenvalue weighted by atomic mass is 35.5. The summed E-state index contributed by atoms with van der Waals surface area (Å²) < 4.78 is 74.8. The highest BCUT2D eigenvalue weighted by Gasteiger charge is 2.44. The fourth-order valence-electron chi connectivity index (χ4n) is 2.56. The van der Waals surface area contributed by atoms with Gasteiger partial charge in [0.05, 0.1) is 112 Å². The van der Waals surface area contributed by atoms with E-state index in [0.29, 0.717) is 0 Å². The molecule has 282 valence electrons. The number of hydrogen-bond donors (Lipinski definition) is 6. The smallest absolute Gasteiger partial charge is 0.395 e. The van der Waals surface area contributed by atoms with Gasteiger partial charge in [0.1, 0.15) is 0 Å². The molecule has 18 nitrogen and oxygen atoms in total. The molecule has 0 radical (unpaired) electrons. The normalized spacial score (nSPS) is 19.8. The Balaban J connectivity index is 4.11. The molecule has 0 spiro atoms. The predicted molar refractivity (Wildman–Crippen MR) is 178 cm³/mol. The molecule has 0 aliphatic carbocycles. The maximum Gasteiger partial charge on any atom is 0.398 e. The minimum Gasteiger partial charge on any atom is -0.395 e. The number of nitrogens with zero attached hydrogens (tertiary/aromatic N) is 3. The number of rotatable bonds is 27. The second-order valence-electron chi connectivity index (χ2n) is 9.18. The monoisotopic (exact) mass is 873 g/mol. The lowest BCUT2D eigenvalue weighted by Gasteiger charge is -2.24. The van der Waals surface area contributed by atoms with E-state index in [1.165, 1.54) is 0 Å². The Morgan fingerprint density at radius 2 is 0.542 bits per heavy atom. The van der Waals surface area contributed by atoms with E-state index in [9.17, 15) is 44.3 Å². The van der Waals surface area contributed by atoms with Crippen LogP contribution in [0, 0.1) is 0 Å². The molecule has 1 heterocycles. The molecule has 0 fully saturated rings. The average molecular weight is 876 g/mol. The maximum absolute atomic E-state index is 14.2. The Labute approximate surface area is 305 Å². The van der Waals surface area contributed by atoms with Gasteiger partial charge in [-0.3, -0.25) is 13.7 Å². The predicted octanol–water partition coefficient (Wildman–Crippen LogP) is 0.0246. The molecule has 0 aromatic carbocycles. The van der Waals surface area contributed by atoms with Gasteiger partial charge in [-0.1, -0.05) is 0 Å². The van der Waals surface area contributed by atoms with Crippen molar-refractivity contribution in [3.63, 3.8) is 0 Å². The highest BCUT2D eigenvalue weighted by Crippen LogP contribution is 2.51. The van der Waals surface area contributed by atoms with Crippen molar-refractivity contribution < 1.29 is 71.5 Å². The Morgan fingerprint density at radius 1 is 0.396 bits per heavy atom. The third-order valence-corrected chi connectivity index (χ3v) is 11.7. The van der Waals surface area contributed by atoms with Gasteiger partial charge < -0.3 is 57.8 Å². The van der Waals surface area contributed by atoms with Gasteiger partial charge in [0, 0.05) is 0 Å². The summed E-state index contributed by atoms with van der Waals surface area (Å²) in [6.07, 6.45) is 0. The molecule has 0 bridgehead atoms. The van der Waals surface area contributed by atoms with Crippen molar-refractivity contribution in [1.82, 2.24) is 15.0 Å². The van der Waals surface area contributed by atoms with Crippen LogP contribution in [-0.2, 0) is 40.8 Å². The van der Waals surface area contributed by atoms with Gasteiger partial charge >= 0.3 is 22.8 Å². The van der Waals surface area contributed by atoms with Crippen LogP contribution in [0.25, 0.3) is 0 Å². The van der Waals surface area contributed by atoms with Gasteiger partial charge in [-0.15, -0.1) is 69.6 Å². The zero-order valence-electron chi connectivity index (χ0n) is 24.8. The van der Waals surface area contributed by atoms with E-state index in [0.717, 1.165) is 0 Å². The maximum atomic E-state index is 14.2. The summed E-state index contributed by atoms with van der Waals surface area (Å²) in [4.78, 5) is 11.7. The van der Waals surface area contributed by atoms with Crippen molar-refractivity contribution in [1.29, 1.82) is 0 Å². The van der Waals surface area contributed by atoms with Crippen molar-refractivity contribution in [2.75, 3.05) is 79.3 Å². The Hall–Kier alpha value is 0.960. The summed E-state index contributed by atoms with van der Waals surface area (Å²) in [7, 11) is -14.9. The molecule has 1 aromatic heterocycles. The van der Waals surface area contributed by atoms with Gasteiger partial charge in [-0.25, -0.2) is 0 Å². The number of aliphatic hydroxyl groups is 6. The van der Waals surface area contributed by atoms with E-state index in [2.05, 4.69) is 15.0 Å².